The quantitative estimate of drug-likeness (QED) is 0.658. The molecule has 0 N–H and O–H groups in total. The van der Waals surface area contributed by atoms with Gasteiger partial charge in [-0.2, -0.15) is 0 Å². The van der Waals surface area contributed by atoms with E-state index in [4.69, 9.17) is 4.74 Å². The number of rotatable bonds is 2. The summed E-state index contributed by atoms with van der Waals surface area (Å²) in [6.45, 7) is 5.99. The summed E-state index contributed by atoms with van der Waals surface area (Å²) in [6, 6.07) is 0. The van der Waals surface area contributed by atoms with Crippen LogP contribution in [-0.4, -0.2) is 19.0 Å². The molecule has 0 aromatic rings. The van der Waals surface area contributed by atoms with Crippen LogP contribution in [0.3, 0.4) is 0 Å². The Bertz CT molecular complexity index is 191. The van der Waals surface area contributed by atoms with Crippen molar-refractivity contribution in [1.82, 2.24) is 0 Å². The zero-order chi connectivity index (χ0) is 10.1. The second-order valence-electron chi connectivity index (χ2n) is 4.98. The van der Waals surface area contributed by atoms with Crippen LogP contribution in [0.15, 0.2) is 0 Å². The molecule has 1 fully saturated rings. The maximum atomic E-state index is 11.9. The van der Waals surface area contributed by atoms with E-state index < -0.39 is 0 Å². The van der Waals surface area contributed by atoms with E-state index >= 15 is 0 Å². The number of Topliss-reactive ketones (excluding diaryl/α,β-unsaturated/α-hetero) is 1. The van der Waals surface area contributed by atoms with E-state index in [1.807, 2.05) is 20.8 Å². The molecule has 1 aliphatic rings. The molecular weight excluding hydrogens is 164 g/mol. The Kier molecular flexibility index (Phi) is 3.12. The number of hydrogen-bond acceptors (Lipinski definition) is 2. The first-order valence-electron chi connectivity index (χ1n) is 5.02. The molecule has 0 spiro atoms. The molecule has 0 amide bonds. The number of ether oxygens (including phenoxy) is 1. The van der Waals surface area contributed by atoms with Gasteiger partial charge in [0.2, 0.25) is 0 Å². The average molecular weight is 184 g/mol. The first kappa shape index (κ1) is 10.7. The second kappa shape index (κ2) is 3.79. The van der Waals surface area contributed by atoms with Crippen LogP contribution in [0, 0.1) is 11.3 Å². The molecule has 0 saturated heterocycles. The average Bonchev–Trinajstić information content (AvgIpc) is 2.48. The van der Waals surface area contributed by atoms with Gasteiger partial charge in [-0.3, -0.25) is 4.79 Å². The van der Waals surface area contributed by atoms with Gasteiger partial charge in [-0.1, -0.05) is 20.8 Å². The van der Waals surface area contributed by atoms with Crippen molar-refractivity contribution < 1.29 is 9.53 Å². The van der Waals surface area contributed by atoms with Crippen LogP contribution in [0.5, 0.6) is 0 Å². The van der Waals surface area contributed by atoms with E-state index in [0.717, 1.165) is 19.3 Å². The fourth-order valence-corrected chi connectivity index (χ4v) is 2.00. The molecule has 0 aromatic heterocycles. The summed E-state index contributed by atoms with van der Waals surface area (Å²) < 4.78 is 5.25. The summed E-state index contributed by atoms with van der Waals surface area (Å²) in [5.74, 6) is 0.636. The molecular formula is C11H20O2. The molecule has 0 aromatic carbocycles. The number of carbonyl (C=O) groups excluding carboxylic acids is 1. The van der Waals surface area contributed by atoms with E-state index in [0.29, 0.717) is 11.9 Å². The minimum absolute atomic E-state index is 0.187. The highest BCUT2D eigenvalue weighted by Crippen LogP contribution is 2.33. The van der Waals surface area contributed by atoms with Crippen LogP contribution < -0.4 is 0 Å². The van der Waals surface area contributed by atoms with Gasteiger partial charge in [0.1, 0.15) is 5.78 Å². The van der Waals surface area contributed by atoms with E-state index in [2.05, 4.69) is 0 Å². The molecule has 0 heterocycles. The summed E-state index contributed by atoms with van der Waals surface area (Å²) in [5, 5.41) is 0. The van der Waals surface area contributed by atoms with Gasteiger partial charge in [0.15, 0.2) is 0 Å². The first-order chi connectivity index (χ1) is 5.95. The van der Waals surface area contributed by atoms with Gasteiger partial charge in [-0.25, -0.2) is 0 Å². The largest absolute Gasteiger partial charge is 0.381 e. The fourth-order valence-electron chi connectivity index (χ4n) is 2.00. The van der Waals surface area contributed by atoms with Gasteiger partial charge >= 0.3 is 0 Å². The van der Waals surface area contributed by atoms with E-state index in [1.165, 1.54) is 0 Å². The predicted molar refractivity (Wildman–Crippen MR) is 52.6 cm³/mol. The SMILES string of the molecule is COC1CCC(C(=O)C(C)(C)C)C1. The monoisotopic (exact) mass is 184 g/mol. The third-order valence-electron chi connectivity index (χ3n) is 2.83. The van der Waals surface area contributed by atoms with Crippen molar-refractivity contribution >= 4 is 5.78 Å². The van der Waals surface area contributed by atoms with Crippen LogP contribution in [0.1, 0.15) is 40.0 Å². The molecule has 76 valence electrons. The van der Waals surface area contributed by atoms with Crippen molar-refractivity contribution in [3.05, 3.63) is 0 Å². The fraction of sp³-hybridized carbons (Fsp3) is 0.909. The zero-order valence-corrected chi connectivity index (χ0v) is 9.09. The van der Waals surface area contributed by atoms with Crippen molar-refractivity contribution in [1.29, 1.82) is 0 Å². The highest BCUT2D eigenvalue weighted by Gasteiger charge is 2.35. The van der Waals surface area contributed by atoms with Crippen molar-refractivity contribution in [2.75, 3.05) is 7.11 Å². The number of hydrogen-bond donors (Lipinski definition) is 0. The van der Waals surface area contributed by atoms with Gasteiger partial charge in [-0.05, 0) is 19.3 Å². The minimum Gasteiger partial charge on any atom is -0.381 e. The third-order valence-corrected chi connectivity index (χ3v) is 2.83. The Labute approximate surface area is 80.7 Å². The smallest absolute Gasteiger partial charge is 0.141 e. The summed E-state index contributed by atoms with van der Waals surface area (Å²) >= 11 is 0. The minimum atomic E-state index is -0.187. The number of carbonyl (C=O) groups is 1. The normalized spacial score (nSPS) is 29.2. The molecule has 2 atom stereocenters. The highest BCUT2D eigenvalue weighted by molar-refractivity contribution is 5.86. The van der Waals surface area contributed by atoms with Crippen LogP contribution in [0.2, 0.25) is 0 Å². The molecule has 2 nitrogen and oxygen atoms in total. The van der Waals surface area contributed by atoms with Gasteiger partial charge in [0.05, 0.1) is 6.10 Å². The summed E-state index contributed by atoms with van der Waals surface area (Å²) in [4.78, 5) is 11.9. The van der Waals surface area contributed by atoms with E-state index in [1.54, 1.807) is 7.11 Å². The van der Waals surface area contributed by atoms with Gasteiger partial charge in [0, 0.05) is 18.4 Å². The lowest BCUT2D eigenvalue weighted by atomic mass is 9.82. The Morgan fingerprint density at radius 1 is 1.31 bits per heavy atom. The number of methoxy groups -OCH3 is 1. The van der Waals surface area contributed by atoms with Crippen molar-refractivity contribution in [2.24, 2.45) is 11.3 Å². The molecule has 1 saturated carbocycles. The highest BCUT2D eigenvalue weighted by atomic mass is 16.5. The molecule has 0 bridgehead atoms. The lowest BCUT2D eigenvalue weighted by Crippen LogP contribution is -2.27. The molecule has 1 rings (SSSR count). The van der Waals surface area contributed by atoms with Crippen LogP contribution in [-0.2, 0) is 9.53 Å². The topological polar surface area (TPSA) is 26.3 Å². The Hall–Kier alpha value is -0.370. The lowest BCUT2D eigenvalue weighted by Gasteiger charge is -2.21. The predicted octanol–water partition coefficient (Wildman–Crippen LogP) is 2.42. The van der Waals surface area contributed by atoms with Crippen LogP contribution in [0.4, 0.5) is 0 Å². The molecule has 0 aliphatic heterocycles. The Morgan fingerprint density at radius 2 is 1.92 bits per heavy atom. The molecule has 1 aliphatic carbocycles. The molecule has 2 heteroatoms. The van der Waals surface area contributed by atoms with Crippen LogP contribution in [0.25, 0.3) is 0 Å². The third kappa shape index (κ3) is 2.53. The van der Waals surface area contributed by atoms with Gasteiger partial charge in [0.25, 0.3) is 0 Å². The van der Waals surface area contributed by atoms with Crippen molar-refractivity contribution in [3.63, 3.8) is 0 Å². The summed E-state index contributed by atoms with van der Waals surface area (Å²) in [6.07, 6.45) is 3.29. The van der Waals surface area contributed by atoms with Crippen LogP contribution >= 0.6 is 0 Å². The maximum absolute atomic E-state index is 11.9. The Morgan fingerprint density at radius 3 is 2.31 bits per heavy atom. The van der Waals surface area contributed by atoms with Gasteiger partial charge in [-0.15, -0.1) is 0 Å². The molecule has 0 radical (unpaired) electrons. The van der Waals surface area contributed by atoms with Gasteiger partial charge < -0.3 is 4.74 Å². The molecule has 13 heavy (non-hydrogen) atoms. The first-order valence-corrected chi connectivity index (χ1v) is 5.02. The molecule has 2 unspecified atom stereocenters. The summed E-state index contributed by atoms with van der Waals surface area (Å²) in [5.41, 5.74) is -0.187. The standard InChI is InChI=1S/C11H20O2/c1-11(2,3)10(12)8-5-6-9(7-8)13-4/h8-9H,5-7H2,1-4H3. The Balaban J connectivity index is 2.52. The van der Waals surface area contributed by atoms with E-state index in [-0.39, 0.29) is 11.3 Å². The van der Waals surface area contributed by atoms with E-state index in [9.17, 15) is 4.79 Å². The maximum Gasteiger partial charge on any atom is 0.141 e. The lowest BCUT2D eigenvalue weighted by molar-refractivity contribution is -0.130. The van der Waals surface area contributed by atoms with Crippen molar-refractivity contribution in [3.8, 4) is 0 Å². The number of ketones is 1. The summed E-state index contributed by atoms with van der Waals surface area (Å²) in [7, 11) is 1.73. The van der Waals surface area contributed by atoms with Crippen molar-refractivity contribution in [2.45, 2.75) is 46.1 Å². The second-order valence-corrected chi connectivity index (χ2v) is 4.98. The zero-order valence-electron chi connectivity index (χ0n) is 9.09.